The number of rotatable bonds is 8. The summed E-state index contributed by atoms with van der Waals surface area (Å²) in [6, 6.07) is 1.34. The molecule has 3 heterocycles. The van der Waals surface area contributed by atoms with Gasteiger partial charge in [-0.15, -0.1) is 0 Å². The number of carboxylic acids is 1. The number of carbonyl (C=O) groups excluding carboxylic acids is 4. The standard InChI is InChI=1S/C22H30N6O7/c1-35-20(32)13-17-22(34)27(14-19(30)31)10-11-28(17)21(33)16(23)12-18(29)26-8-6-25(7-9-26)15-2-4-24-5-3-15/h2-5,16-17H,6-14,23H2,1H3,(H,30,31)/t16-,17+/m0/s1. The number of aromatic nitrogens is 1. The lowest BCUT2D eigenvalue weighted by atomic mass is 10.0. The Bertz CT molecular complexity index is 951. The highest BCUT2D eigenvalue weighted by Crippen LogP contribution is 2.19. The molecule has 2 atom stereocenters. The Morgan fingerprint density at radius 2 is 1.77 bits per heavy atom. The third-order valence-corrected chi connectivity index (χ3v) is 6.15. The van der Waals surface area contributed by atoms with E-state index in [2.05, 4.69) is 14.6 Å². The zero-order chi connectivity index (χ0) is 25.5. The second kappa shape index (κ2) is 11.6. The summed E-state index contributed by atoms with van der Waals surface area (Å²) < 4.78 is 4.63. The molecule has 0 radical (unpaired) electrons. The van der Waals surface area contributed by atoms with Gasteiger partial charge in [-0.05, 0) is 12.1 Å². The zero-order valence-electron chi connectivity index (χ0n) is 19.5. The smallest absolute Gasteiger partial charge is 0.323 e. The van der Waals surface area contributed by atoms with Crippen molar-refractivity contribution in [2.45, 2.75) is 24.9 Å². The van der Waals surface area contributed by atoms with Gasteiger partial charge in [0.15, 0.2) is 0 Å². The van der Waals surface area contributed by atoms with Crippen LogP contribution in [-0.4, -0.2) is 119 Å². The van der Waals surface area contributed by atoms with E-state index < -0.39 is 48.8 Å². The Morgan fingerprint density at radius 3 is 2.37 bits per heavy atom. The molecule has 1 aromatic heterocycles. The number of amides is 3. The number of carboxylic acid groups (broad SMARTS) is 1. The first kappa shape index (κ1) is 25.9. The third kappa shape index (κ3) is 6.44. The van der Waals surface area contributed by atoms with E-state index in [0.29, 0.717) is 26.2 Å². The molecule has 2 saturated heterocycles. The predicted octanol–water partition coefficient (Wildman–Crippen LogP) is -1.87. The number of esters is 1. The summed E-state index contributed by atoms with van der Waals surface area (Å²) in [6.07, 6.45) is 2.73. The van der Waals surface area contributed by atoms with Crippen LogP contribution in [0.1, 0.15) is 12.8 Å². The number of hydrogen-bond acceptors (Lipinski definition) is 9. The van der Waals surface area contributed by atoms with E-state index in [4.69, 9.17) is 10.8 Å². The Kier molecular flexibility index (Phi) is 8.58. The molecule has 0 saturated carbocycles. The Labute approximate surface area is 202 Å². The molecule has 0 spiro atoms. The molecule has 13 nitrogen and oxygen atoms in total. The molecule has 35 heavy (non-hydrogen) atoms. The van der Waals surface area contributed by atoms with Crippen LogP contribution < -0.4 is 10.6 Å². The SMILES string of the molecule is COC(=O)C[C@@H]1C(=O)N(CC(=O)O)CCN1C(=O)[C@@H](N)CC(=O)N1CCN(c2ccncc2)CC1. The minimum atomic E-state index is -1.24. The summed E-state index contributed by atoms with van der Waals surface area (Å²) in [5, 5.41) is 9.03. The van der Waals surface area contributed by atoms with E-state index in [-0.39, 0.29) is 25.4 Å². The molecule has 3 rings (SSSR count). The number of aliphatic carboxylic acids is 1. The lowest BCUT2D eigenvalue weighted by Crippen LogP contribution is -2.62. The number of carbonyl (C=O) groups is 5. The first-order valence-electron chi connectivity index (χ1n) is 11.3. The summed E-state index contributed by atoms with van der Waals surface area (Å²) in [7, 11) is 1.15. The van der Waals surface area contributed by atoms with Crippen molar-refractivity contribution >= 4 is 35.3 Å². The van der Waals surface area contributed by atoms with Crippen LogP contribution in [0.15, 0.2) is 24.5 Å². The maximum atomic E-state index is 13.1. The molecule has 1 aromatic rings. The number of piperazine rings is 2. The number of nitrogens with zero attached hydrogens (tertiary/aromatic N) is 5. The van der Waals surface area contributed by atoms with Crippen molar-refractivity contribution in [3.8, 4) is 0 Å². The highest BCUT2D eigenvalue weighted by atomic mass is 16.5. The molecule has 2 aliphatic heterocycles. The maximum Gasteiger partial charge on any atom is 0.323 e. The fourth-order valence-corrected chi connectivity index (χ4v) is 4.25. The summed E-state index contributed by atoms with van der Waals surface area (Å²) in [4.78, 5) is 71.6. The third-order valence-electron chi connectivity index (χ3n) is 6.15. The number of methoxy groups -OCH3 is 1. The summed E-state index contributed by atoms with van der Waals surface area (Å²) >= 11 is 0. The second-order valence-corrected chi connectivity index (χ2v) is 8.37. The molecule has 190 valence electrons. The maximum absolute atomic E-state index is 13.1. The number of pyridine rings is 1. The molecule has 0 aromatic carbocycles. The first-order valence-corrected chi connectivity index (χ1v) is 11.3. The fourth-order valence-electron chi connectivity index (χ4n) is 4.25. The molecule has 3 amide bonds. The lowest BCUT2D eigenvalue weighted by Gasteiger charge is -2.41. The Morgan fingerprint density at radius 1 is 1.11 bits per heavy atom. The van der Waals surface area contributed by atoms with Gasteiger partial charge in [-0.25, -0.2) is 0 Å². The van der Waals surface area contributed by atoms with Crippen LogP contribution in [0.5, 0.6) is 0 Å². The molecule has 0 bridgehead atoms. The fraction of sp³-hybridized carbons (Fsp3) is 0.545. The molecule has 0 unspecified atom stereocenters. The van der Waals surface area contributed by atoms with Gasteiger partial charge in [0.1, 0.15) is 12.6 Å². The quantitative estimate of drug-likeness (QED) is 0.394. The van der Waals surface area contributed by atoms with Crippen LogP contribution in [0.4, 0.5) is 5.69 Å². The van der Waals surface area contributed by atoms with Gasteiger partial charge in [-0.3, -0.25) is 29.0 Å². The van der Waals surface area contributed by atoms with E-state index in [0.717, 1.165) is 22.6 Å². The number of nitrogens with two attached hydrogens (primary N) is 1. The molecular formula is C22H30N6O7. The second-order valence-electron chi connectivity index (χ2n) is 8.37. The van der Waals surface area contributed by atoms with Gasteiger partial charge in [-0.1, -0.05) is 0 Å². The van der Waals surface area contributed by atoms with E-state index >= 15 is 0 Å². The van der Waals surface area contributed by atoms with Gasteiger partial charge in [0.2, 0.25) is 17.7 Å². The Hall–Kier alpha value is -3.74. The Balaban J connectivity index is 1.59. The molecule has 2 aliphatic rings. The van der Waals surface area contributed by atoms with Crippen molar-refractivity contribution in [1.82, 2.24) is 19.7 Å². The van der Waals surface area contributed by atoms with Crippen molar-refractivity contribution in [3.05, 3.63) is 24.5 Å². The summed E-state index contributed by atoms with van der Waals surface area (Å²) in [5.41, 5.74) is 7.09. The molecule has 0 aliphatic carbocycles. The summed E-state index contributed by atoms with van der Waals surface area (Å²) in [6.45, 7) is 1.62. The largest absolute Gasteiger partial charge is 0.480 e. The van der Waals surface area contributed by atoms with Crippen LogP contribution in [0.25, 0.3) is 0 Å². The van der Waals surface area contributed by atoms with Crippen LogP contribution in [-0.2, 0) is 28.7 Å². The van der Waals surface area contributed by atoms with Crippen LogP contribution in [0, 0.1) is 0 Å². The average Bonchev–Trinajstić information content (AvgIpc) is 2.86. The first-order chi connectivity index (χ1) is 16.7. The van der Waals surface area contributed by atoms with Crippen molar-refractivity contribution in [1.29, 1.82) is 0 Å². The van der Waals surface area contributed by atoms with Crippen LogP contribution in [0.2, 0.25) is 0 Å². The summed E-state index contributed by atoms with van der Waals surface area (Å²) in [5.74, 6) is -3.54. The number of ether oxygens (including phenoxy) is 1. The van der Waals surface area contributed by atoms with E-state index in [9.17, 15) is 24.0 Å². The molecule has 13 heteroatoms. The van der Waals surface area contributed by atoms with E-state index in [1.165, 1.54) is 0 Å². The van der Waals surface area contributed by atoms with Gasteiger partial charge in [0.25, 0.3) is 0 Å². The lowest BCUT2D eigenvalue weighted by molar-refractivity contribution is -0.159. The van der Waals surface area contributed by atoms with E-state index in [1.54, 1.807) is 17.3 Å². The highest BCUT2D eigenvalue weighted by Gasteiger charge is 2.41. The van der Waals surface area contributed by atoms with Gasteiger partial charge >= 0.3 is 11.9 Å². The van der Waals surface area contributed by atoms with Crippen molar-refractivity contribution < 1.29 is 33.8 Å². The average molecular weight is 491 g/mol. The topological polar surface area (TPSA) is 167 Å². The van der Waals surface area contributed by atoms with Crippen molar-refractivity contribution in [2.75, 3.05) is 57.8 Å². The van der Waals surface area contributed by atoms with Gasteiger partial charge in [-0.2, -0.15) is 0 Å². The normalized spacial score (nSPS) is 19.4. The van der Waals surface area contributed by atoms with Crippen LogP contribution >= 0.6 is 0 Å². The minimum absolute atomic E-state index is 0.00792. The molecule has 2 fully saturated rings. The monoisotopic (exact) mass is 490 g/mol. The van der Waals surface area contributed by atoms with Gasteiger partial charge in [0, 0.05) is 57.3 Å². The highest BCUT2D eigenvalue weighted by molar-refractivity contribution is 5.96. The molecular weight excluding hydrogens is 460 g/mol. The van der Waals surface area contributed by atoms with Gasteiger partial charge < -0.3 is 35.2 Å². The number of hydrogen-bond donors (Lipinski definition) is 2. The zero-order valence-corrected chi connectivity index (χ0v) is 19.5. The van der Waals surface area contributed by atoms with Crippen molar-refractivity contribution in [2.24, 2.45) is 5.73 Å². The van der Waals surface area contributed by atoms with Crippen LogP contribution in [0.3, 0.4) is 0 Å². The van der Waals surface area contributed by atoms with E-state index in [1.807, 2.05) is 12.1 Å². The minimum Gasteiger partial charge on any atom is -0.480 e. The van der Waals surface area contributed by atoms with Gasteiger partial charge in [0.05, 0.1) is 26.0 Å². The predicted molar refractivity (Wildman–Crippen MR) is 122 cm³/mol. The van der Waals surface area contributed by atoms with Crippen molar-refractivity contribution in [3.63, 3.8) is 0 Å². The molecule has 3 N–H and O–H groups in total. The number of anilines is 1.